The van der Waals surface area contributed by atoms with Gasteiger partial charge in [-0.1, -0.05) is 0 Å². The molecule has 3 nitrogen and oxygen atoms in total. The van der Waals surface area contributed by atoms with Crippen molar-refractivity contribution in [2.24, 2.45) is 11.1 Å². The lowest BCUT2D eigenvalue weighted by Crippen LogP contribution is -2.24. The molecule has 0 atom stereocenters. The Morgan fingerprint density at radius 1 is 1.29 bits per heavy atom. The summed E-state index contributed by atoms with van der Waals surface area (Å²) >= 11 is 0. The van der Waals surface area contributed by atoms with E-state index in [1.54, 1.807) is 0 Å². The maximum absolute atomic E-state index is 5.75. The van der Waals surface area contributed by atoms with Gasteiger partial charge in [-0.15, -0.1) is 0 Å². The minimum atomic E-state index is 0.223. The standard InChI is InChI=1S/C14H22N2O/c1-11(2)17-13-5-3-12(4-6-13)16-10-14(9-15)7-8-14/h3-6,11,16H,7-10,15H2,1-2H3. The Morgan fingerprint density at radius 2 is 1.94 bits per heavy atom. The summed E-state index contributed by atoms with van der Waals surface area (Å²) in [6.45, 7) is 5.83. The average Bonchev–Trinajstić information content (AvgIpc) is 3.08. The molecule has 2 rings (SSSR count). The first-order valence-corrected chi connectivity index (χ1v) is 6.34. The zero-order valence-corrected chi connectivity index (χ0v) is 10.7. The summed E-state index contributed by atoms with van der Waals surface area (Å²) in [5, 5.41) is 3.44. The van der Waals surface area contributed by atoms with Crippen molar-refractivity contribution in [1.29, 1.82) is 0 Å². The van der Waals surface area contributed by atoms with Gasteiger partial charge in [0.1, 0.15) is 5.75 Å². The van der Waals surface area contributed by atoms with Crippen LogP contribution in [0.5, 0.6) is 5.75 Å². The normalized spacial score (nSPS) is 16.9. The third kappa shape index (κ3) is 3.37. The number of rotatable bonds is 6. The maximum Gasteiger partial charge on any atom is 0.119 e. The molecule has 94 valence electrons. The van der Waals surface area contributed by atoms with Crippen LogP contribution in [0.15, 0.2) is 24.3 Å². The van der Waals surface area contributed by atoms with Crippen molar-refractivity contribution in [2.75, 3.05) is 18.4 Å². The molecule has 1 aliphatic rings. The highest BCUT2D eigenvalue weighted by Gasteiger charge is 2.40. The second-order valence-corrected chi connectivity index (χ2v) is 5.25. The number of nitrogens with two attached hydrogens (primary N) is 1. The molecule has 17 heavy (non-hydrogen) atoms. The average molecular weight is 234 g/mol. The van der Waals surface area contributed by atoms with Gasteiger partial charge in [0.15, 0.2) is 0 Å². The molecular formula is C14H22N2O. The number of hydrogen-bond acceptors (Lipinski definition) is 3. The number of anilines is 1. The van der Waals surface area contributed by atoms with Crippen LogP contribution >= 0.6 is 0 Å². The van der Waals surface area contributed by atoms with Gasteiger partial charge in [0.05, 0.1) is 6.10 Å². The molecule has 0 aliphatic heterocycles. The Hall–Kier alpha value is -1.22. The van der Waals surface area contributed by atoms with Gasteiger partial charge in [0, 0.05) is 12.2 Å². The lowest BCUT2D eigenvalue weighted by atomic mass is 10.1. The minimum absolute atomic E-state index is 0.223. The third-order valence-electron chi connectivity index (χ3n) is 3.28. The van der Waals surface area contributed by atoms with Gasteiger partial charge < -0.3 is 15.8 Å². The molecule has 1 aliphatic carbocycles. The number of ether oxygens (including phenoxy) is 1. The van der Waals surface area contributed by atoms with Crippen molar-refractivity contribution in [2.45, 2.75) is 32.8 Å². The Kier molecular flexibility index (Phi) is 3.57. The van der Waals surface area contributed by atoms with E-state index in [9.17, 15) is 0 Å². The molecule has 1 fully saturated rings. The van der Waals surface area contributed by atoms with Crippen LogP contribution in [0.3, 0.4) is 0 Å². The van der Waals surface area contributed by atoms with Crippen molar-refractivity contribution in [3.63, 3.8) is 0 Å². The molecule has 0 amide bonds. The molecule has 1 aromatic rings. The van der Waals surface area contributed by atoms with Gasteiger partial charge in [-0.05, 0) is 62.9 Å². The Morgan fingerprint density at radius 3 is 2.41 bits per heavy atom. The van der Waals surface area contributed by atoms with E-state index in [0.29, 0.717) is 5.41 Å². The van der Waals surface area contributed by atoms with E-state index in [1.807, 2.05) is 26.0 Å². The zero-order valence-electron chi connectivity index (χ0n) is 10.7. The predicted octanol–water partition coefficient (Wildman–Crippen LogP) is 2.62. The van der Waals surface area contributed by atoms with Crippen LogP contribution in [0, 0.1) is 5.41 Å². The molecule has 1 aromatic carbocycles. The molecule has 0 bridgehead atoms. The lowest BCUT2D eigenvalue weighted by Gasteiger charge is -2.15. The van der Waals surface area contributed by atoms with E-state index >= 15 is 0 Å². The first-order chi connectivity index (χ1) is 8.13. The smallest absolute Gasteiger partial charge is 0.119 e. The summed E-state index contributed by atoms with van der Waals surface area (Å²) in [5.41, 5.74) is 7.26. The van der Waals surface area contributed by atoms with Crippen LogP contribution in [0.1, 0.15) is 26.7 Å². The van der Waals surface area contributed by atoms with Gasteiger partial charge in [-0.25, -0.2) is 0 Å². The summed E-state index contributed by atoms with van der Waals surface area (Å²) in [6, 6.07) is 8.13. The van der Waals surface area contributed by atoms with Crippen molar-refractivity contribution in [3.05, 3.63) is 24.3 Å². The minimum Gasteiger partial charge on any atom is -0.491 e. The summed E-state index contributed by atoms with van der Waals surface area (Å²) in [4.78, 5) is 0. The SMILES string of the molecule is CC(C)Oc1ccc(NCC2(CN)CC2)cc1. The van der Waals surface area contributed by atoms with Crippen LogP contribution in [0.25, 0.3) is 0 Å². The van der Waals surface area contributed by atoms with Crippen molar-refractivity contribution >= 4 is 5.69 Å². The van der Waals surface area contributed by atoms with Crippen molar-refractivity contribution in [3.8, 4) is 5.75 Å². The van der Waals surface area contributed by atoms with Crippen LogP contribution in [-0.4, -0.2) is 19.2 Å². The highest BCUT2D eigenvalue weighted by atomic mass is 16.5. The highest BCUT2D eigenvalue weighted by molar-refractivity contribution is 5.46. The maximum atomic E-state index is 5.75. The molecule has 0 radical (unpaired) electrons. The van der Waals surface area contributed by atoms with Gasteiger partial charge in [-0.2, -0.15) is 0 Å². The first kappa shape index (κ1) is 12.2. The number of nitrogens with one attached hydrogen (secondary N) is 1. The molecule has 3 N–H and O–H groups in total. The molecular weight excluding hydrogens is 212 g/mol. The Balaban J connectivity index is 1.85. The van der Waals surface area contributed by atoms with Crippen LogP contribution in [-0.2, 0) is 0 Å². The van der Waals surface area contributed by atoms with Gasteiger partial charge in [-0.3, -0.25) is 0 Å². The van der Waals surface area contributed by atoms with E-state index in [4.69, 9.17) is 10.5 Å². The highest BCUT2D eigenvalue weighted by Crippen LogP contribution is 2.44. The first-order valence-electron chi connectivity index (χ1n) is 6.34. The monoisotopic (exact) mass is 234 g/mol. The Bertz CT molecular complexity index is 355. The largest absolute Gasteiger partial charge is 0.491 e. The molecule has 0 aromatic heterocycles. The number of benzene rings is 1. The van der Waals surface area contributed by atoms with E-state index in [2.05, 4.69) is 17.4 Å². The molecule has 0 heterocycles. The Labute approximate surface area is 103 Å². The van der Waals surface area contributed by atoms with E-state index in [1.165, 1.54) is 12.8 Å². The fourth-order valence-corrected chi connectivity index (χ4v) is 1.84. The fourth-order valence-electron chi connectivity index (χ4n) is 1.84. The summed E-state index contributed by atoms with van der Waals surface area (Å²) in [5.74, 6) is 0.922. The molecule has 0 unspecified atom stereocenters. The molecule has 0 spiro atoms. The van der Waals surface area contributed by atoms with Crippen molar-refractivity contribution < 1.29 is 4.74 Å². The van der Waals surface area contributed by atoms with Gasteiger partial charge in [0.2, 0.25) is 0 Å². The van der Waals surface area contributed by atoms with Crippen LogP contribution in [0.4, 0.5) is 5.69 Å². The fraction of sp³-hybridized carbons (Fsp3) is 0.571. The second-order valence-electron chi connectivity index (χ2n) is 5.25. The topological polar surface area (TPSA) is 47.3 Å². The van der Waals surface area contributed by atoms with E-state index < -0.39 is 0 Å². The van der Waals surface area contributed by atoms with Gasteiger partial charge in [0.25, 0.3) is 0 Å². The molecule has 0 saturated heterocycles. The summed E-state index contributed by atoms with van der Waals surface area (Å²) < 4.78 is 5.60. The van der Waals surface area contributed by atoms with Gasteiger partial charge >= 0.3 is 0 Å². The van der Waals surface area contributed by atoms with Crippen LogP contribution in [0.2, 0.25) is 0 Å². The third-order valence-corrected chi connectivity index (χ3v) is 3.28. The number of hydrogen-bond donors (Lipinski definition) is 2. The van der Waals surface area contributed by atoms with Crippen LogP contribution < -0.4 is 15.8 Å². The predicted molar refractivity (Wildman–Crippen MR) is 71.4 cm³/mol. The zero-order chi connectivity index (χ0) is 12.3. The van der Waals surface area contributed by atoms with E-state index in [0.717, 1.165) is 24.5 Å². The van der Waals surface area contributed by atoms with Crippen molar-refractivity contribution in [1.82, 2.24) is 0 Å². The lowest BCUT2D eigenvalue weighted by molar-refractivity contribution is 0.242. The van der Waals surface area contributed by atoms with E-state index in [-0.39, 0.29) is 6.10 Å². The quantitative estimate of drug-likeness (QED) is 0.795. The summed E-state index contributed by atoms with van der Waals surface area (Å²) in [7, 11) is 0. The molecule has 3 heteroatoms. The summed E-state index contributed by atoms with van der Waals surface area (Å²) in [6.07, 6.45) is 2.73. The molecule has 1 saturated carbocycles. The second kappa shape index (κ2) is 4.96.